The van der Waals surface area contributed by atoms with Crippen LogP contribution >= 0.6 is 11.3 Å². The summed E-state index contributed by atoms with van der Waals surface area (Å²) in [7, 11) is 0. The van der Waals surface area contributed by atoms with Gasteiger partial charge in [0.1, 0.15) is 0 Å². The van der Waals surface area contributed by atoms with E-state index in [0.717, 1.165) is 0 Å². The van der Waals surface area contributed by atoms with Crippen molar-refractivity contribution in [2.75, 3.05) is 9.80 Å². The Morgan fingerprint density at radius 2 is 1.10 bits per heavy atom. The Bertz CT molecular complexity index is 2890. The van der Waals surface area contributed by atoms with E-state index in [1.165, 1.54) is 130 Å². The van der Waals surface area contributed by atoms with Gasteiger partial charge in [0, 0.05) is 49.1 Å². The minimum atomic E-state index is -0.154. The molecule has 0 radical (unpaired) electrons. The summed E-state index contributed by atoms with van der Waals surface area (Å²) in [5, 5.41) is 0. The molecule has 316 valence electrons. The molecule has 62 heavy (non-hydrogen) atoms. The Balaban J connectivity index is 1.26. The molecule has 0 saturated carbocycles. The first-order chi connectivity index (χ1) is 29.0. The van der Waals surface area contributed by atoms with Crippen LogP contribution in [0.15, 0.2) is 91.0 Å². The zero-order valence-electron chi connectivity index (χ0n) is 39.9. The summed E-state index contributed by atoms with van der Waals surface area (Å²) in [5.74, 6) is 0. The summed E-state index contributed by atoms with van der Waals surface area (Å²) >= 11 is 2.07. The van der Waals surface area contributed by atoms with Gasteiger partial charge in [0.25, 0.3) is 6.71 Å². The van der Waals surface area contributed by atoms with Gasteiger partial charge in [-0.05, 0) is 158 Å². The van der Waals surface area contributed by atoms with Crippen molar-refractivity contribution in [3.8, 4) is 10.4 Å². The Morgan fingerprint density at radius 1 is 0.548 bits per heavy atom. The first-order valence-electron chi connectivity index (χ1n) is 23.5. The Morgan fingerprint density at radius 3 is 1.73 bits per heavy atom. The van der Waals surface area contributed by atoms with Gasteiger partial charge in [-0.15, -0.1) is 11.3 Å². The summed E-state index contributed by atoms with van der Waals surface area (Å²) in [4.78, 5) is 6.85. The number of aryl methyl sites for hydroxylation is 1. The van der Waals surface area contributed by atoms with Gasteiger partial charge >= 0.3 is 0 Å². The number of rotatable bonds is 2. The van der Waals surface area contributed by atoms with Crippen LogP contribution in [0.3, 0.4) is 0 Å². The van der Waals surface area contributed by atoms with Gasteiger partial charge < -0.3 is 9.80 Å². The third kappa shape index (κ3) is 5.47. The van der Waals surface area contributed by atoms with Crippen LogP contribution in [0.1, 0.15) is 160 Å². The zero-order valence-corrected chi connectivity index (χ0v) is 40.7. The van der Waals surface area contributed by atoms with Crippen LogP contribution in [0.5, 0.6) is 0 Å². The average molecular weight is 833 g/mol. The predicted molar refractivity (Wildman–Crippen MR) is 270 cm³/mol. The van der Waals surface area contributed by atoms with E-state index in [1.54, 1.807) is 0 Å². The molecule has 2 aliphatic heterocycles. The standard InChI is InChI=1S/C58H65BN2S/c1-34-29-46-49-47(30-34)61(36-21-19-35(20-22-36)53(2,3)4)50-48-51(38-17-15-16-18-39(38)58(48,13)14)62-52(50)59(49)44-32-42-43(57(11,12)28-27-56(42,9)10)33-45(44)60(46)37-23-24-40-41(31-37)55(7,8)26-25-54(40,5)6/h15-24,29-33H,25-28H2,1-14H3. The lowest BCUT2D eigenvalue weighted by Gasteiger charge is -2.48. The summed E-state index contributed by atoms with van der Waals surface area (Å²) in [6.07, 6.45) is 4.79. The van der Waals surface area contributed by atoms with Crippen LogP contribution in [-0.4, -0.2) is 6.71 Å². The Hall–Kier alpha value is -4.54. The SMILES string of the molecule is Cc1cc2c3c(c1)N(c1ccc(C(C)(C)C)cc1)c1c(sc4c1C(C)(C)c1ccccc1-4)B3c1cc3c(cc1N2c1ccc2c(c1)C(C)(C)CCC2(C)C)C(C)(C)CCC3(C)C. The van der Waals surface area contributed by atoms with Crippen LogP contribution in [0.25, 0.3) is 10.4 Å². The molecule has 6 aromatic rings. The number of anilines is 6. The van der Waals surface area contributed by atoms with Gasteiger partial charge in [-0.2, -0.15) is 0 Å². The fraction of sp³-hybridized carbons (Fsp3) is 0.414. The predicted octanol–water partition coefficient (Wildman–Crippen LogP) is 14.4. The second-order valence-electron chi connectivity index (χ2n) is 24.0. The molecule has 5 aromatic carbocycles. The van der Waals surface area contributed by atoms with Gasteiger partial charge in [-0.25, -0.2) is 0 Å². The van der Waals surface area contributed by atoms with E-state index < -0.39 is 0 Å². The van der Waals surface area contributed by atoms with E-state index in [1.807, 2.05) is 0 Å². The number of nitrogens with zero attached hydrogens (tertiary/aromatic N) is 2. The lowest BCUT2D eigenvalue weighted by Crippen LogP contribution is -2.61. The number of thiophene rings is 1. The minimum Gasteiger partial charge on any atom is -0.311 e. The number of hydrogen-bond donors (Lipinski definition) is 0. The molecule has 0 fully saturated rings. The second kappa shape index (κ2) is 12.6. The van der Waals surface area contributed by atoms with Gasteiger partial charge in [-0.1, -0.05) is 139 Å². The lowest BCUT2D eigenvalue weighted by molar-refractivity contribution is 0.332. The largest absolute Gasteiger partial charge is 0.311 e. The summed E-state index contributed by atoms with van der Waals surface area (Å²) in [5.41, 5.74) is 24.2. The fourth-order valence-electron chi connectivity index (χ4n) is 12.5. The molecule has 0 N–H and O–H groups in total. The molecule has 3 aliphatic carbocycles. The average Bonchev–Trinajstić information content (AvgIpc) is 3.71. The molecule has 0 unspecified atom stereocenters. The summed E-state index contributed by atoms with van der Waals surface area (Å²) in [6, 6.07) is 36.8. The van der Waals surface area contributed by atoms with E-state index in [4.69, 9.17) is 0 Å². The van der Waals surface area contributed by atoms with Crippen molar-refractivity contribution in [3.05, 3.63) is 136 Å². The van der Waals surface area contributed by atoms with Crippen LogP contribution in [-0.2, 0) is 32.5 Å². The quantitative estimate of drug-likeness (QED) is 0.160. The monoisotopic (exact) mass is 832 g/mol. The van der Waals surface area contributed by atoms with Crippen molar-refractivity contribution in [1.82, 2.24) is 0 Å². The highest BCUT2D eigenvalue weighted by Crippen LogP contribution is 2.59. The molecule has 0 saturated heterocycles. The van der Waals surface area contributed by atoms with Crippen LogP contribution < -0.4 is 25.5 Å². The molecule has 0 amide bonds. The van der Waals surface area contributed by atoms with Crippen molar-refractivity contribution < 1.29 is 0 Å². The minimum absolute atomic E-state index is 0.0663. The summed E-state index contributed by atoms with van der Waals surface area (Å²) in [6.45, 7) is 34.2. The van der Waals surface area contributed by atoms with E-state index in [9.17, 15) is 0 Å². The highest BCUT2D eigenvalue weighted by Gasteiger charge is 2.52. The van der Waals surface area contributed by atoms with Gasteiger partial charge in [0.2, 0.25) is 0 Å². The number of hydrogen-bond acceptors (Lipinski definition) is 3. The number of benzene rings is 5. The molecule has 5 aliphatic rings. The Kier molecular flexibility index (Phi) is 8.17. The zero-order chi connectivity index (χ0) is 43.8. The number of fused-ring (bicyclic) bond motifs is 10. The highest BCUT2D eigenvalue weighted by atomic mass is 32.1. The molecule has 0 atom stereocenters. The fourth-order valence-corrected chi connectivity index (χ4v) is 14.1. The molecule has 4 heteroatoms. The molecule has 2 nitrogen and oxygen atoms in total. The third-order valence-electron chi connectivity index (χ3n) is 16.6. The molecular weight excluding hydrogens is 768 g/mol. The van der Waals surface area contributed by atoms with Crippen molar-refractivity contribution in [3.63, 3.8) is 0 Å². The van der Waals surface area contributed by atoms with Crippen molar-refractivity contribution in [2.45, 2.75) is 155 Å². The van der Waals surface area contributed by atoms with E-state index in [-0.39, 0.29) is 39.2 Å². The molecular formula is C58H65BN2S. The molecule has 0 bridgehead atoms. The topological polar surface area (TPSA) is 6.48 Å². The van der Waals surface area contributed by atoms with Crippen molar-refractivity contribution in [2.24, 2.45) is 0 Å². The normalized spacial score (nSPS) is 20.1. The van der Waals surface area contributed by atoms with Gasteiger partial charge in [0.05, 0.1) is 5.69 Å². The lowest BCUT2D eigenvalue weighted by atomic mass is 9.35. The highest BCUT2D eigenvalue weighted by molar-refractivity contribution is 7.31. The third-order valence-corrected chi connectivity index (χ3v) is 17.8. The molecule has 11 rings (SSSR count). The Labute approximate surface area is 376 Å². The molecule has 3 heterocycles. The maximum Gasteiger partial charge on any atom is 0.264 e. The van der Waals surface area contributed by atoms with Crippen LogP contribution in [0, 0.1) is 6.92 Å². The summed E-state index contributed by atoms with van der Waals surface area (Å²) < 4.78 is 1.48. The smallest absolute Gasteiger partial charge is 0.264 e. The van der Waals surface area contributed by atoms with Gasteiger partial charge in [0.15, 0.2) is 0 Å². The van der Waals surface area contributed by atoms with E-state index in [2.05, 4.69) is 209 Å². The first-order valence-corrected chi connectivity index (χ1v) is 24.3. The first kappa shape index (κ1) is 40.3. The van der Waals surface area contributed by atoms with Crippen molar-refractivity contribution in [1.29, 1.82) is 0 Å². The maximum atomic E-state index is 2.71. The molecule has 1 aromatic heterocycles. The van der Waals surface area contributed by atoms with E-state index >= 15 is 0 Å². The van der Waals surface area contributed by atoms with Crippen LogP contribution in [0.2, 0.25) is 0 Å². The van der Waals surface area contributed by atoms with E-state index in [0.29, 0.717) is 0 Å². The maximum absolute atomic E-state index is 2.71. The van der Waals surface area contributed by atoms with Crippen LogP contribution in [0.4, 0.5) is 34.1 Å². The second-order valence-corrected chi connectivity index (χ2v) is 25.1. The van der Waals surface area contributed by atoms with Gasteiger partial charge in [-0.3, -0.25) is 0 Å². The van der Waals surface area contributed by atoms with Crippen molar-refractivity contribution >= 4 is 67.9 Å². The molecule has 0 spiro atoms.